The zero-order valence-electron chi connectivity index (χ0n) is 25.8. The molecular formula is C34H38Cl2N2O7. The number of halogens is 2. The Morgan fingerprint density at radius 2 is 1.71 bits per heavy atom. The van der Waals surface area contributed by atoms with E-state index in [1.54, 1.807) is 70.3 Å². The Balaban J connectivity index is 1.73. The summed E-state index contributed by atoms with van der Waals surface area (Å²) in [5, 5.41) is 12.8. The Morgan fingerprint density at radius 3 is 2.33 bits per heavy atom. The van der Waals surface area contributed by atoms with E-state index in [1.165, 1.54) is 0 Å². The molecule has 1 amide bonds. The van der Waals surface area contributed by atoms with E-state index >= 15 is 0 Å². The predicted molar refractivity (Wildman–Crippen MR) is 173 cm³/mol. The predicted octanol–water partition coefficient (Wildman–Crippen LogP) is 6.46. The Kier molecular flexibility index (Phi) is 11.4. The number of amides is 1. The van der Waals surface area contributed by atoms with Gasteiger partial charge in [0.1, 0.15) is 17.1 Å². The molecule has 0 radical (unpaired) electrons. The van der Waals surface area contributed by atoms with Crippen LogP contribution in [0.15, 0.2) is 71.7 Å². The number of carbonyl (C=O) groups excluding carboxylic acids is 2. The Labute approximate surface area is 273 Å². The van der Waals surface area contributed by atoms with Crippen molar-refractivity contribution in [1.82, 2.24) is 5.32 Å². The van der Waals surface area contributed by atoms with E-state index in [0.29, 0.717) is 45.7 Å². The first-order valence-corrected chi connectivity index (χ1v) is 15.4. The molecule has 0 saturated heterocycles. The first-order valence-electron chi connectivity index (χ1n) is 14.6. The number of ether oxygens (including phenoxy) is 4. The average Bonchev–Trinajstić information content (AvgIpc) is 3.39. The van der Waals surface area contributed by atoms with Crippen molar-refractivity contribution in [3.8, 4) is 11.5 Å². The summed E-state index contributed by atoms with van der Waals surface area (Å²) in [6, 6.07) is 19.3. The van der Waals surface area contributed by atoms with Crippen molar-refractivity contribution in [2.75, 3.05) is 20.3 Å². The Morgan fingerprint density at radius 1 is 1.02 bits per heavy atom. The normalized spacial score (nSPS) is 17.7. The summed E-state index contributed by atoms with van der Waals surface area (Å²) in [7, 11) is 1.58. The molecule has 0 unspecified atom stereocenters. The summed E-state index contributed by atoms with van der Waals surface area (Å²) in [6.45, 7) is 5.94. The van der Waals surface area contributed by atoms with Gasteiger partial charge in [-0.05, 0) is 81.3 Å². The second kappa shape index (κ2) is 15.0. The van der Waals surface area contributed by atoms with Crippen molar-refractivity contribution in [3.63, 3.8) is 0 Å². The minimum absolute atomic E-state index is 0.0220. The fraction of sp³-hybridized carbons (Fsp3) is 0.382. The van der Waals surface area contributed by atoms with Gasteiger partial charge >= 0.3 is 5.97 Å². The Bertz CT molecular complexity index is 1500. The SMILES string of the molecule is COc1ccc(CNC(=O)[C@]2(CCC(=O)OC(C)(C)C)N=C(c3ccc(OCCCO)cc3)O[C@@H]2c2ccc(Cl)cc2Cl)cc1. The van der Waals surface area contributed by atoms with E-state index in [2.05, 4.69) is 5.32 Å². The van der Waals surface area contributed by atoms with Crippen LogP contribution < -0.4 is 14.8 Å². The molecule has 2 atom stereocenters. The second-order valence-electron chi connectivity index (χ2n) is 11.6. The maximum Gasteiger partial charge on any atom is 0.306 e. The van der Waals surface area contributed by atoms with Gasteiger partial charge < -0.3 is 29.4 Å². The fourth-order valence-electron chi connectivity index (χ4n) is 4.83. The second-order valence-corrected chi connectivity index (χ2v) is 12.4. The number of hydrogen-bond acceptors (Lipinski definition) is 8. The molecular weight excluding hydrogens is 619 g/mol. The minimum atomic E-state index is -1.59. The number of aliphatic imine (C=N–C) groups is 1. The molecule has 240 valence electrons. The molecule has 0 bridgehead atoms. The summed E-state index contributed by atoms with van der Waals surface area (Å²) in [5.74, 6) is 0.587. The molecule has 0 saturated carbocycles. The van der Waals surface area contributed by atoms with Gasteiger partial charge in [0, 0.05) is 47.2 Å². The number of aliphatic hydroxyl groups excluding tert-OH is 1. The van der Waals surface area contributed by atoms with Gasteiger partial charge in [-0.3, -0.25) is 9.59 Å². The highest BCUT2D eigenvalue weighted by Crippen LogP contribution is 2.46. The lowest BCUT2D eigenvalue weighted by Crippen LogP contribution is -2.48. The van der Waals surface area contributed by atoms with Crippen LogP contribution in [0.3, 0.4) is 0 Å². The number of esters is 1. The van der Waals surface area contributed by atoms with Gasteiger partial charge in [0.2, 0.25) is 5.90 Å². The van der Waals surface area contributed by atoms with Crippen molar-refractivity contribution < 1.29 is 33.6 Å². The lowest BCUT2D eigenvalue weighted by atomic mass is 9.83. The molecule has 0 spiro atoms. The zero-order valence-corrected chi connectivity index (χ0v) is 27.3. The highest BCUT2D eigenvalue weighted by Gasteiger charge is 2.54. The highest BCUT2D eigenvalue weighted by atomic mass is 35.5. The molecule has 4 rings (SSSR count). The first kappa shape index (κ1) is 34.1. The third-order valence-electron chi connectivity index (χ3n) is 7.02. The number of aliphatic hydroxyl groups is 1. The molecule has 1 aliphatic rings. The maximum absolute atomic E-state index is 14.3. The zero-order chi connectivity index (χ0) is 32.6. The smallest absolute Gasteiger partial charge is 0.306 e. The average molecular weight is 658 g/mol. The van der Waals surface area contributed by atoms with Crippen LogP contribution in [0.2, 0.25) is 10.0 Å². The van der Waals surface area contributed by atoms with Crippen LogP contribution in [0.1, 0.15) is 62.8 Å². The number of carbonyl (C=O) groups is 2. The van der Waals surface area contributed by atoms with E-state index in [4.69, 9.17) is 52.2 Å². The van der Waals surface area contributed by atoms with E-state index < -0.39 is 29.1 Å². The van der Waals surface area contributed by atoms with Gasteiger partial charge in [0.05, 0.1) is 13.7 Å². The van der Waals surface area contributed by atoms with Gasteiger partial charge in [-0.1, -0.05) is 41.4 Å². The fourth-order valence-corrected chi connectivity index (χ4v) is 5.33. The van der Waals surface area contributed by atoms with Crippen molar-refractivity contribution in [3.05, 3.63) is 93.5 Å². The first-order chi connectivity index (χ1) is 21.4. The number of methoxy groups -OCH3 is 1. The van der Waals surface area contributed by atoms with Gasteiger partial charge in [-0.15, -0.1) is 0 Å². The Hall–Kier alpha value is -3.79. The lowest BCUT2D eigenvalue weighted by Gasteiger charge is -2.31. The minimum Gasteiger partial charge on any atom is -0.497 e. The van der Waals surface area contributed by atoms with Crippen molar-refractivity contribution in [2.45, 2.75) is 63.8 Å². The van der Waals surface area contributed by atoms with E-state index in [1.807, 2.05) is 24.3 Å². The van der Waals surface area contributed by atoms with Gasteiger partial charge in [0.25, 0.3) is 5.91 Å². The topological polar surface area (TPSA) is 116 Å². The van der Waals surface area contributed by atoms with Crippen LogP contribution in [0.5, 0.6) is 11.5 Å². The summed E-state index contributed by atoms with van der Waals surface area (Å²) < 4.78 is 22.9. The van der Waals surface area contributed by atoms with Crippen LogP contribution in [-0.2, 0) is 25.6 Å². The van der Waals surface area contributed by atoms with Gasteiger partial charge in [-0.2, -0.15) is 0 Å². The van der Waals surface area contributed by atoms with Crippen molar-refractivity contribution in [1.29, 1.82) is 0 Å². The number of benzene rings is 3. The molecule has 0 fully saturated rings. The summed E-state index contributed by atoms with van der Waals surface area (Å²) in [6.07, 6.45) is -0.609. The molecule has 0 aliphatic carbocycles. The molecule has 9 nitrogen and oxygen atoms in total. The van der Waals surface area contributed by atoms with Crippen LogP contribution in [0.25, 0.3) is 0 Å². The summed E-state index contributed by atoms with van der Waals surface area (Å²) in [5.41, 5.74) is -0.366. The molecule has 11 heteroatoms. The largest absolute Gasteiger partial charge is 0.497 e. The maximum atomic E-state index is 14.3. The summed E-state index contributed by atoms with van der Waals surface area (Å²) >= 11 is 12.9. The summed E-state index contributed by atoms with van der Waals surface area (Å²) in [4.78, 5) is 32.2. The van der Waals surface area contributed by atoms with E-state index in [9.17, 15) is 9.59 Å². The molecule has 1 aliphatic heterocycles. The highest BCUT2D eigenvalue weighted by molar-refractivity contribution is 6.35. The van der Waals surface area contributed by atoms with Crippen LogP contribution in [0, 0.1) is 0 Å². The number of rotatable bonds is 13. The van der Waals surface area contributed by atoms with Crippen LogP contribution in [0.4, 0.5) is 0 Å². The molecule has 2 N–H and O–H groups in total. The van der Waals surface area contributed by atoms with Crippen molar-refractivity contribution >= 4 is 41.0 Å². The van der Waals surface area contributed by atoms with Crippen LogP contribution >= 0.6 is 23.2 Å². The molecule has 0 aromatic heterocycles. The third kappa shape index (κ3) is 8.90. The number of hydrogen-bond donors (Lipinski definition) is 2. The van der Waals surface area contributed by atoms with E-state index in [0.717, 1.165) is 5.56 Å². The number of nitrogens with one attached hydrogen (secondary N) is 1. The monoisotopic (exact) mass is 656 g/mol. The number of nitrogens with zero attached hydrogens (tertiary/aromatic N) is 1. The molecule has 3 aromatic carbocycles. The third-order valence-corrected chi connectivity index (χ3v) is 7.58. The van der Waals surface area contributed by atoms with E-state index in [-0.39, 0.29) is 31.9 Å². The quantitative estimate of drug-likeness (QED) is 0.160. The standard InChI is InChI=1S/C34H38Cl2N2O7/c1-33(2,3)45-29(40)16-17-34(32(41)37-21-22-6-11-25(42-4)12-7-22)30(27-15-10-24(35)20-28(27)36)44-31(38-34)23-8-13-26(14-9-23)43-19-5-18-39/h6-15,20,30,39H,5,16-19,21H2,1-4H3,(H,37,41)/t30-,34-/m1/s1. The van der Waals surface area contributed by atoms with Gasteiger partial charge in [0.15, 0.2) is 11.6 Å². The lowest BCUT2D eigenvalue weighted by molar-refractivity contribution is -0.155. The molecule has 3 aromatic rings. The molecule has 45 heavy (non-hydrogen) atoms. The van der Waals surface area contributed by atoms with Gasteiger partial charge in [-0.25, -0.2) is 4.99 Å². The molecule has 1 heterocycles. The van der Waals surface area contributed by atoms with Crippen LogP contribution in [-0.4, -0.2) is 54.3 Å². The van der Waals surface area contributed by atoms with Crippen molar-refractivity contribution in [2.24, 2.45) is 4.99 Å².